The van der Waals surface area contributed by atoms with Gasteiger partial charge in [-0.25, -0.2) is 9.37 Å². The van der Waals surface area contributed by atoms with E-state index in [0.717, 1.165) is 15.0 Å². The summed E-state index contributed by atoms with van der Waals surface area (Å²) >= 11 is 4.98. The van der Waals surface area contributed by atoms with Crippen molar-refractivity contribution in [2.75, 3.05) is 20.3 Å². The van der Waals surface area contributed by atoms with Crippen molar-refractivity contribution in [2.45, 2.75) is 6.04 Å². The van der Waals surface area contributed by atoms with E-state index < -0.39 is 0 Å². The molecule has 102 valence electrons. The van der Waals surface area contributed by atoms with E-state index in [9.17, 15) is 4.39 Å². The first kappa shape index (κ1) is 14.6. The normalized spacial score (nSPS) is 12.6. The second kappa shape index (κ2) is 7.09. The van der Waals surface area contributed by atoms with Crippen LogP contribution in [-0.4, -0.2) is 25.2 Å². The predicted molar refractivity (Wildman–Crippen MR) is 77.9 cm³/mol. The fraction of sp³-hybridized carbons (Fsp3) is 0.308. The predicted octanol–water partition coefficient (Wildman–Crippen LogP) is 3.37. The molecule has 1 aromatic carbocycles. The summed E-state index contributed by atoms with van der Waals surface area (Å²) < 4.78 is 19.0. The Morgan fingerprint density at radius 1 is 1.53 bits per heavy atom. The third-order valence-electron chi connectivity index (χ3n) is 2.63. The molecule has 0 saturated carbocycles. The number of hydrogen-bond donors (Lipinski definition) is 1. The molecule has 19 heavy (non-hydrogen) atoms. The van der Waals surface area contributed by atoms with Gasteiger partial charge in [0.15, 0.2) is 0 Å². The van der Waals surface area contributed by atoms with Crippen LogP contribution in [0.25, 0.3) is 0 Å². The molecular weight excluding hydrogens is 331 g/mol. The lowest BCUT2D eigenvalue weighted by Crippen LogP contribution is -2.26. The van der Waals surface area contributed by atoms with Crippen molar-refractivity contribution in [1.29, 1.82) is 0 Å². The molecule has 0 aliphatic rings. The minimum Gasteiger partial charge on any atom is -0.383 e. The largest absolute Gasteiger partial charge is 0.383 e. The fourth-order valence-corrected chi connectivity index (χ4v) is 3.06. The summed E-state index contributed by atoms with van der Waals surface area (Å²) in [4.78, 5) is 4.34. The Balaban J connectivity index is 2.26. The van der Waals surface area contributed by atoms with Gasteiger partial charge in [0.05, 0.1) is 12.6 Å². The maximum absolute atomic E-state index is 13.2. The summed E-state index contributed by atoms with van der Waals surface area (Å²) in [5, 5.41) is 6.25. The Kier molecular flexibility index (Phi) is 5.45. The fourth-order valence-electron chi connectivity index (χ4n) is 1.75. The summed E-state index contributed by atoms with van der Waals surface area (Å²) in [6.45, 7) is 1.31. The van der Waals surface area contributed by atoms with Gasteiger partial charge in [0, 0.05) is 29.7 Å². The molecule has 0 radical (unpaired) electrons. The van der Waals surface area contributed by atoms with E-state index in [-0.39, 0.29) is 11.9 Å². The molecule has 0 saturated heterocycles. The number of ether oxygens (including phenoxy) is 1. The van der Waals surface area contributed by atoms with E-state index in [0.29, 0.717) is 13.2 Å². The van der Waals surface area contributed by atoms with Crippen LogP contribution in [0.2, 0.25) is 0 Å². The average Bonchev–Trinajstić information content (AvgIpc) is 2.89. The molecule has 0 bridgehead atoms. The quantitative estimate of drug-likeness (QED) is 0.815. The zero-order valence-corrected chi connectivity index (χ0v) is 12.8. The van der Waals surface area contributed by atoms with E-state index in [1.807, 2.05) is 5.38 Å². The van der Waals surface area contributed by atoms with E-state index in [1.165, 1.54) is 12.1 Å². The van der Waals surface area contributed by atoms with Gasteiger partial charge in [-0.3, -0.25) is 0 Å². The summed E-state index contributed by atoms with van der Waals surface area (Å²) in [6.07, 6.45) is 1.77. The molecule has 0 amide bonds. The van der Waals surface area contributed by atoms with Crippen LogP contribution in [0.3, 0.4) is 0 Å². The highest BCUT2D eigenvalue weighted by molar-refractivity contribution is 9.10. The van der Waals surface area contributed by atoms with Crippen molar-refractivity contribution in [3.8, 4) is 0 Å². The number of nitrogens with zero attached hydrogens (tertiary/aromatic N) is 1. The lowest BCUT2D eigenvalue weighted by molar-refractivity contribution is 0.197. The van der Waals surface area contributed by atoms with Crippen LogP contribution in [0.1, 0.15) is 16.6 Å². The zero-order chi connectivity index (χ0) is 13.7. The topological polar surface area (TPSA) is 34.1 Å². The monoisotopic (exact) mass is 344 g/mol. The van der Waals surface area contributed by atoms with Gasteiger partial charge in [0.2, 0.25) is 0 Å². The van der Waals surface area contributed by atoms with Gasteiger partial charge in [-0.2, -0.15) is 0 Å². The highest BCUT2D eigenvalue weighted by atomic mass is 79.9. The number of benzene rings is 1. The molecule has 3 nitrogen and oxygen atoms in total. The van der Waals surface area contributed by atoms with E-state index in [2.05, 4.69) is 26.2 Å². The second-order valence-electron chi connectivity index (χ2n) is 3.92. The minimum absolute atomic E-state index is 0.0647. The van der Waals surface area contributed by atoms with Crippen molar-refractivity contribution in [2.24, 2.45) is 0 Å². The lowest BCUT2D eigenvalue weighted by Gasteiger charge is -2.18. The maximum atomic E-state index is 13.2. The van der Waals surface area contributed by atoms with Gasteiger partial charge in [0.25, 0.3) is 0 Å². The summed E-state index contributed by atoms with van der Waals surface area (Å²) in [7, 11) is 1.66. The van der Waals surface area contributed by atoms with Crippen LogP contribution in [0, 0.1) is 5.82 Å². The van der Waals surface area contributed by atoms with Gasteiger partial charge in [0.1, 0.15) is 10.8 Å². The molecule has 0 fully saturated rings. The van der Waals surface area contributed by atoms with Gasteiger partial charge in [-0.15, -0.1) is 11.3 Å². The molecule has 0 aliphatic carbocycles. The van der Waals surface area contributed by atoms with Crippen molar-refractivity contribution >= 4 is 27.3 Å². The maximum Gasteiger partial charge on any atom is 0.124 e. The number of halogens is 2. The van der Waals surface area contributed by atoms with E-state index in [1.54, 1.807) is 30.7 Å². The average molecular weight is 345 g/mol. The van der Waals surface area contributed by atoms with Gasteiger partial charge in [-0.1, -0.05) is 22.0 Å². The summed E-state index contributed by atoms with van der Waals surface area (Å²) in [5.41, 5.74) is 0.965. The molecule has 2 aromatic rings. The first-order valence-electron chi connectivity index (χ1n) is 5.79. The SMILES string of the molecule is COCCNC(c1nccs1)c1ccc(F)cc1Br. The van der Waals surface area contributed by atoms with Gasteiger partial charge in [-0.05, 0) is 17.7 Å². The lowest BCUT2D eigenvalue weighted by atomic mass is 10.1. The van der Waals surface area contributed by atoms with Crippen LogP contribution >= 0.6 is 27.3 Å². The molecule has 1 atom stereocenters. The highest BCUT2D eigenvalue weighted by Gasteiger charge is 2.18. The Labute approximate surface area is 124 Å². The van der Waals surface area contributed by atoms with Crippen LogP contribution in [-0.2, 0) is 4.74 Å². The third-order valence-corrected chi connectivity index (χ3v) is 4.15. The number of rotatable bonds is 6. The Morgan fingerprint density at radius 3 is 3.00 bits per heavy atom. The molecule has 1 N–H and O–H groups in total. The molecule has 2 rings (SSSR count). The smallest absolute Gasteiger partial charge is 0.124 e. The highest BCUT2D eigenvalue weighted by Crippen LogP contribution is 2.30. The number of aromatic nitrogens is 1. The van der Waals surface area contributed by atoms with E-state index in [4.69, 9.17) is 4.74 Å². The van der Waals surface area contributed by atoms with Crippen molar-refractivity contribution in [1.82, 2.24) is 10.3 Å². The second-order valence-corrected chi connectivity index (χ2v) is 5.70. The molecule has 0 aliphatic heterocycles. The van der Waals surface area contributed by atoms with Crippen LogP contribution in [0.5, 0.6) is 0 Å². The molecule has 1 unspecified atom stereocenters. The van der Waals surface area contributed by atoms with Crippen LogP contribution in [0.4, 0.5) is 4.39 Å². The van der Waals surface area contributed by atoms with Crippen LogP contribution < -0.4 is 5.32 Å². The molecule has 6 heteroatoms. The summed E-state index contributed by atoms with van der Waals surface area (Å²) in [5.74, 6) is -0.259. The molecular formula is C13H14BrFN2OS. The number of methoxy groups -OCH3 is 1. The van der Waals surface area contributed by atoms with Gasteiger partial charge >= 0.3 is 0 Å². The van der Waals surface area contributed by atoms with E-state index >= 15 is 0 Å². The Bertz CT molecular complexity index is 521. The zero-order valence-electron chi connectivity index (χ0n) is 10.4. The molecule has 0 spiro atoms. The molecule has 1 aromatic heterocycles. The third kappa shape index (κ3) is 3.82. The minimum atomic E-state index is -0.259. The first-order valence-corrected chi connectivity index (χ1v) is 7.46. The summed E-state index contributed by atoms with van der Waals surface area (Å²) in [6, 6.07) is 4.63. The Hall–Kier alpha value is -0.820. The number of thiazole rings is 1. The Morgan fingerprint density at radius 2 is 2.37 bits per heavy atom. The first-order chi connectivity index (χ1) is 9.22. The number of nitrogens with one attached hydrogen (secondary N) is 1. The van der Waals surface area contributed by atoms with Crippen molar-refractivity contribution < 1.29 is 9.13 Å². The van der Waals surface area contributed by atoms with Crippen molar-refractivity contribution in [3.63, 3.8) is 0 Å². The van der Waals surface area contributed by atoms with Crippen molar-refractivity contribution in [3.05, 3.63) is 50.6 Å². The number of hydrogen-bond acceptors (Lipinski definition) is 4. The molecule has 1 heterocycles. The van der Waals surface area contributed by atoms with Crippen LogP contribution in [0.15, 0.2) is 34.2 Å². The van der Waals surface area contributed by atoms with Gasteiger partial charge < -0.3 is 10.1 Å². The standard InChI is InChI=1S/C13H14BrFN2OS/c1-18-6-4-16-12(13-17-5-7-19-13)10-3-2-9(15)8-11(10)14/h2-3,5,7-8,12,16H,4,6H2,1H3.